The molecule has 33 heavy (non-hydrogen) atoms. The van der Waals surface area contributed by atoms with E-state index in [-0.39, 0.29) is 41.6 Å². The molecule has 0 saturated carbocycles. The number of rotatable bonds is 9. The summed E-state index contributed by atoms with van der Waals surface area (Å²) in [4.78, 5) is 12.5. The van der Waals surface area contributed by atoms with Gasteiger partial charge in [0, 0.05) is 36.9 Å². The molecule has 2 aromatic rings. The molecule has 0 aromatic heterocycles. The molecule has 0 bridgehead atoms. The first-order chi connectivity index (χ1) is 15.0. The number of nitrogens with one attached hydrogen (secondary N) is 2. The molecule has 0 aliphatic heterocycles. The van der Waals surface area contributed by atoms with E-state index in [2.05, 4.69) is 5.32 Å². The van der Waals surface area contributed by atoms with E-state index in [9.17, 15) is 26.7 Å². The van der Waals surface area contributed by atoms with Crippen LogP contribution in [0.25, 0.3) is 0 Å². The Balaban J connectivity index is 0.00000544. The second kappa shape index (κ2) is 11.7. The van der Waals surface area contributed by atoms with Gasteiger partial charge in [0.2, 0.25) is 0 Å². The highest BCUT2D eigenvalue weighted by atomic mass is 35.5. The number of amides is 1. The number of carbonyl (C=O) groups is 1. The smallest absolute Gasteiger partial charge is 0.422 e. The van der Waals surface area contributed by atoms with Crippen molar-refractivity contribution in [2.75, 3.05) is 20.8 Å². The van der Waals surface area contributed by atoms with Gasteiger partial charge in [-0.3, -0.25) is 10.2 Å². The molecule has 0 heterocycles. The maximum atomic E-state index is 14.3. The van der Waals surface area contributed by atoms with Crippen LogP contribution in [0.2, 0.25) is 0 Å². The van der Waals surface area contributed by atoms with E-state index in [0.717, 1.165) is 25.3 Å². The highest BCUT2D eigenvalue weighted by Gasteiger charge is 2.30. The van der Waals surface area contributed by atoms with E-state index < -0.39 is 47.8 Å². The molecular formula is C20H21ClF5N3O4. The molecule has 1 atom stereocenters. The fourth-order valence-corrected chi connectivity index (χ4v) is 2.72. The van der Waals surface area contributed by atoms with Gasteiger partial charge >= 0.3 is 6.18 Å². The molecule has 7 nitrogen and oxygen atoms in total. The van der Waals surface area contributed by atoms with E-state index in [4.69, 9.17) is 25.4 Å². The lowest BCUT2D eigenvalue weighted by Crippen LogP contribution is -2.31. The Kier molecular flexibility index (Phi) is 9.86. The zero-order chi connectivity index (χ0) is 24.1. The first-order valence-corrected chi connectivity index (χ1v) is 8.97. The largest absolute Gasteiger partial charge is 0.497 e. The Morgan fingerprint density at radius 2 is 1.76 bits per heavy atom. The SMILES string of the molecule is COc1cc(F)c([C@H](OC)C(=O)NCc2ccc(C(=N)N)cc2OCC(F)(F)F)c(F)c1.Cl. The van der Waals surface area contributed by atoms with Crippen LogP contribution in [0.1, 0.15) is 22.8 Å². The van der Waals surface area contributed by atoms with Crippen molar-refractivity contribution in [3.8, 4) is 11.5 Å². The molecule has 0 spiro atoms. The second-order valence-electron chi connectivity index (χ2n) is 6.48. The predicted molar refractivity (Wildman–Crippen MR) is 111 cm³/mol. The molecule has 2 rings (SSSR count). The third-order valence-corrected chi connectivity index (χ3v) is 4.25. The molecule has 0 aliphatic rings. The van der Waals surface area contributed by atoms with Crippen LogP contribution in [0, 0.1) is 17.0 Å². The lowest BCUT2D eigenvalue weighted by molar-refractivity contribution is -0.153. The zero-order valence-electron chi connectivity index (χ0n) is 17.4. The fourth-order valence-electron chi connectivity index (χ4n) is 2.72. The number of methoxy groups -OCH3 is 2. The van der Waals surface area contributed by atoms with Gasteiger partial charge in [-0.1, -0.05) is 12.1 Å². The summed E-state index contributed by atoms with van der Waals surface area (Å²) in [5, 5.41) is 9.75. The maximum absolute atomic E-state index is 14.3. The molecule has 0 saturated heterocycles. The summed E-state index contributed by atoms with van der Waals surface area (Å²) in [6.07, 6.45) is -6.31. The average molecular weight is 498 g/mol. The first-order valence-electron chi connectivity index (χ1n) is 8.97. The quantitative estimate of drug-likeness (QED) is 0.279. The Hall–Kier alpha value is -3.12. The predicted octanol–water partition coefficient (Wildman–Crippen LogP) is 3.62. The number of alkyl halides is 3. The van der Waals surface area contributed by atoms with Crippen LogP contribution in [-0.4, -0.2) is 38.7 Å². The van der Waals surface area contributed by atoms with Crippen molar-refractivity contribution in [1.29, 1.82) is 5.41 Å². The van der Waals surface area contributed by atoms with E-state index in [1.54, 1.807) is 0 Å². The molecule has 0 fully saturated rings. The van der Waals surface area contributed by atoms with Crippen LogP contribution in [-0.2, 0) is 16.1 Å². The van der Waals surface area contributed by atoms with Crippen molar-refractivity contribution in [2.45, 2.75) is 18.8 Å². The van der Waals surface area contributed by atoms with Crippen LogP contribution >= 0.6 is 12.4 Å². The van der Waals surface area contributed by atoms with Gasteiger partial charge in [-0.15, -0.1) is 12.4 Å². The summed E-state index contributed by atoms with van der Waals surface area (Å²) in [7, 11) is 2.27. The average Bonchev–Trinajstić information content (AvgIpc) is 2.72. The number of nitrogen functional groups attached to an aromatic ring is 1. The standard InChI is InChI=1S/C20H20F5N3O4.ClH/c1-30-12-6-13(21)16(14(22)7-12)17(31-2)19(29)28-8-11-4-3-10(18(26)27)5-15(11)32-9-20(23,24)25;/h3-7,17H,8-9H2,1-2H3,(H3,26,27)(H,28,29);1H/t17-;/m0./s1. The number of halogens is 6. The highest BCUT2D eigenvalue weighted by molar-refractivity contribution is 5.95. The van der Waals surface area contributed by atoms with Crippen LogP contribution in [0.15, 0.2) is 30.3 Å². The van der Waals surface area contributed by atoms with Crippen molar-refractivity contribution in [3.05, 3.63) is 58.7 Å². The monoisotopic (exact) mass is 497 g/mol. The van der Waals surface area contributed by atoms with Crippen LogP contribution in [0.5, 0.6) is 11.5 Å². The van der Waals surface area contributed by atoms with Gasteiger partial charge in [-0.25, -0.2) is 8.78 Å². The molecule has 0 unspecified atom stereocenters. The second-order valence-corrected chi connectivity index (χ2v) is 6.48. The number of ether oxygens (including phenoxy) is 3. The molecular weight excluding hydrogens is 477 g/mol. The van der Waals surface area contributed by atoms with Gasteiger partial charge in [0.25, 0.3) is 5.91 Å². The summed E-state index contributed by atoms with van der Waals surface area (Å²) in [5.41, 5.74) is 4.90. The molecule has 2 aromatic carbocycles. The van der Waals surface area contributed by atoms with Gasteiger partial charge in [0.05, 0.1) is 12.7 Å². The normalized spacial score (nSPS) is 11.8. The summed E-state index contributed by atoms with van der Waals surface area (Å²) < 4.78 is 80.8. The minimum atomic E-state index is -4.63. The van der Waals surface area contributed by atoms with E-state index in [1.165, 1.54) is 19.2 Å². The Labute approximate surface area is 191 Å². The number of benzene rings is 2. The summed E-state index contributed by atoms with van der Waals surface area (Å²) in [6, 6.07) is 5.52. The van der Waals surface area contributed by atoms with Crippen molar-refractivity contribution in [2.24, 2.45) is 5.73 Å². The minimum absolute atomic E-state index is 0. The number of hydrogen-bond acceptors (Lipinski definition) is 5. The zero-order valence-corrected chi connectivity index (χ0v) is 18.2. The Bertz CT molecular complexity index is 981. The van der Waals surface area contributed by atoms with E-state index in [0.29, 0.717) is 0 Å². The van der Waals surface area contributed by atoms with Crippen LogP contribution in [0.3, 0.4) is 0 Å². The van der Waals surface area contributed by atoms with E-state index >= 15 is 0 Å². The number of amidine groups is 1. The highest BCUT2D eigenvalue weighted by Crippen LogP contribution is 2.28. The van der Waals surface area contributed by atoms with Crippen LogP contribution in [0.4, 0.5) is 22.0 Å². The van der Waals surface area contributed by atoms with Gasteiger partial charge in [0.15, 0.2) is 12.7 Å². The lowest BCUT2D eigenvalue weighted by Gasteiger charge is -2.19. The van der Waals surface area contributed by atoms with Crippen molar-refractivity contribution < 1.29 is 41.0 Å². The summed E-state index contributed by atoms with van der Waals surface area (Å²) in [6.45, 7) is -1.97. The first kappa shape index (κ1) is 27.9. The lowest BCUT2D eigenvalue weighted by atomic mass is 10.1. The topological polar surface area (TPSA) is 107 Å². The maximum Gasteiger partial charge on any atom is 0.422 e. The fraction of sp³-hybridized carbons (Fsp3) is 0.300. The molecule has 4 N–H and O–H groups in total. The van der Waals surface area contributed by atoms with Crippen molar-refractivity contribution >= 4 is 24.1 Å². The van der Waals surface area contributed by atoms with Gasteiger partial charge in [0.1, 0.15) is 29.0 Å². The van der Waals surface area contributed by atoms with Gasteiger partial charge in [-0.05, 0) is 6.07 Å². The van der Waals surface area contributed by atoms with Gasteiger partial charge in [-0.2, -0.15) is 13.2 Å². The number of carbonyl (C=O) groups excluding carboxylic acids is 1. The van der Waals surface area contributed by atoms with Crippen LogP contribution < -0.4 is 20.5 Å². The summed E-state index contributed by atoms with van der Waals surface area (Å²) in [5.74, 6) is -3.88. The molecule has 182 valence electrons. The Morgan fingerprint density at radius 3 is 2.24 bits per heavy atom. The Morgan fingerprint density at radius 1 is 1.15 bits per heavy atom. The molecule has 1 amide bonds. The number of hydrogen-bond donors (Lipinski definition) is 3. The molecule has 0 aliphatic carbocycles. The third kappa shape index (κ3) is 7.46. The summed E-state index contributed by atoms with van der Waals surface area (Å²) >= 11 is 0. The van der Waals surface area contributed by atoms with Gasteiger partial charge < -0.3 is 25.3 Å². The minimum Gasteiger partial charge on any atom is -0.497 e. The third-order valence-electron chi connectivity index (χ3n) is 4.25. The number of nitrogens with two attached hydrogens (primary N) is 1. The van der Waals surface area contributed by atoms with E-state index in [1.807, 2.05) is 0 Å². The van der Waals surface area contributed by atoms with Crippen molar-refractivity contribution in [1.82, 2.24) is 5.32 Å². The molecule has 0 radical (unpaired) electrons. The molecule has 13 heteroatoms. The van der Waals surface area contributed by atoms with Crippen molar-refractivity contribution in [3.63, 3.8) is 0 Å².